The van der Waals surface area contributed by atoms with Gasteiger partial charge >= 0.3 is 5.97 Å². The summed E-state index contributed by atoms with van der Waals surface area (Å²) in [6.07, 6.45) is 1.38. The number of carbonyl (C=O) groups is 1. The molecule has 7 nitrogen and oxygen atoms in total. The fourth-order valence-corrected chi connectivity index (χ4v) is 3.46. The molecule has 0 unspecified atom stereocenters. The maximum absolute atomic E-state index is 12.5. The highest BCUT2D eigenvalue weighted by Gasteiger charge is 2.31. The van der Waals surface area contributed by atoms with E-state index >= 15 is 0 Å². The minimum atomic E-state index is -3.93. The molecule has 0 fully saturated rings. The van der Waals surface area contributed by atoms with Crippen molar-refractivity contribution in [2.24, 2.45) is 0 Å². The van der Waals surface area contributed by atoms with Crippen LogP contribution in [-0.2, 0) is 19.4 Å². The molecule has 132 valence electrons. The number of esters is 1. The molecular formula is C15H18ClNO6S. The topological polar surface area (TPSA) is 104 Å². The molecule has 0 amide bonds. The standard InChI is InChI=1S/C15H18ClNO6S/c1-4-10(3)24(21,22)14(15(18)23-5-2)9-11-6-7-12(16)13(8-11)17(19)20/h6-10H,4-5H2,1-3H3/b14-9-/t10-/m0/s1. The van der Waals surface area contributed by atoms with Gasteiger partial charge in [-0.05, 0) is 38.0 Å². The Hall–Kier alpha value is -1.93. The molecule has 0 spiro atoms. The molecule has 24 heavy (non-hydrogen) atoms. The second kappa shape index (κ2) is 8.25. The molecule has 0 bridgehead atoms. The van der Waals surface area contributed by atoms with Crippen LogP contribution in [0, 0.1) is 10.1 Å². The fourth-order valence-electron chi connectivity index (χ4n) is 1.81. The van der Waals surface area contributed by atoms with Crippen LogP contribution >= 0.6 is 11.6 Å². The molecule has 0 N–H and O–H groups in total. The lowest BCUT2D eigenvalue weighted by atomic mass is 10.2. The van der Waals surface area contributed by atoms with Crippen LogP contribution in [0.1, 0.15) is 32.8 Å². The van der Waals surface area contributed by atoms with Gasteiger partial charge in [0, 0.05) is 6.07 Å². The fraction of sp³-hybridized carbons (Fsp3) is 0.400. The van der Waals surface area contributed by atoms with Gasteiger partial charge in [-0.25, -0.2) is 13.2 Å². The lowest BCUT2D eigenvalue weighted by molar-refractivity contribution is -0.384. The van der Waals surface area contributed by atoms with Crippen molar-refractivity contribution in [3.63, 3.8) is 0 Å². The van der Waals surface area contributed by atoms with E-state index < -0.39 is 30.9 Å². The van der Waals surface area contributed by atoms with E-state index in [4.69, 9.17) is 16.3 Å². The van der Waals surface area contributed by atoms with Gasteiger partial charge in [0.1, 0.15) is 5.02 Å². The van der Waals surface area contributed by atoms with Crippen molar-refractivity contribution in [2.75, 3.05) is 6.61 Å². The second-order valence-electron chi connectivity index (χ2n) is 4.96. The normalized spacial score (nSPS) is 13.4. The summed E-state index contributed by atoms with van der Waals surface area (Å²) in [5.41, 5.74) is -0.212. The van der Waals surface area contributed by atoms with Gasteiger partial charge in [0.05, 0.1) is 16.8 Å². The van der Waals surface area contributed by atoms with Crippen LogP contribution in [0.25, 0.3) is 6.08 Å². The molecule has 0 radical (unpaired) electrons. The van der Waals surface area contributed by atoms with Gasteiger partial charge in [0.2, 0.25) is 0 Å². The van der Waals surface area contributed by atoms with Crippen molar-refractivity contribution in [1.82, 2.24) is 0 Å². The van der Waals surface area contributed by atoms with Gasteiger partial charge in [0.25, 0.3) is 5.69 Å². The maximum Gasteiger partial charge on any atom is 0.349 e. The molecule has 0 aliphatic carbocycles. The molecule has 9 heteroatoms. The zero-order chi connectivity index (χ0) is 18.5. The van der Waals surface area contributed by atoms with Gasteiger partial charge in [0.15, 0.2) is 14.7 Å². The number of hydrogen-bond acceptors (Lipinski definition) is 6. The van der Waals surface area contributed by atoms with E-state index in [1.165, 1.54) is 19.1 Å². The average molecular weight is 376 g/mol. The number of carbonyl (C=O) groups excluding carboxylic acids is 1. The Kier molecular flexibility index (Phi) is 6.92. The van der Waals surface area contributed by atoms with Crippen molar-refractivity contribution in [3.05, 3.63) is 43.8 Å². The summed E-state index contributed by atoms with van der Waals surface area (Å²) in [6, 6.07) is 3.76. The zero-order valence-electron chi connectivity index (χ0n) is 13.5. The van der Waals surface area contributed by atoms with Gasteiger partial charge < -0.3 is 4.74 Å². The van der Waals surface area contributed by atoms with Crippen molar-refractivity contribution < 1.29 is 22.9 Å². The third kappa shape index (κ3) is 4.55. The predicted molar refractivity (Wildman–Crippen MR) is 91.4 cm³/mol. The van der Waals surface area contributed by atoms with Crippen molar-refractivity contribution in [2.45, 2.75) is 32.4 Å². The summed E-state index contributed by atoms with van der Waals surface area (Å²) < 4.78 is 29.9. The first-order valence-corrected chi connectivity index (χ1v) is 9.14. The molecule has 0 aliphatic heterocycles. The van der Waals surface area contributed by atoms with Gasteiger partial charge in [-0.15, -0.1) is 0 Å². The third-order valence-electron chi connectivity index (χ3n) is 3.35. The zero-order valence-corrected chi connectivity index (χ0v) is 15.1. The number of benzene rings is 1. The number of ether oxygens (including phenoxy) is 1. The summed E-state index contributed by atoms with van der Waals surface area (Å²) in [5.74, 6) is -0.990. The number of nitro groups is 1. The van der Waals surface area contributed by atoms with Crippen LogP contribution in [0.15, 0.2) is 23.1 Å². The van der Waals surface area contributed by atoms with Gasteiger partial charge in [-0.3, -0.25) is 10.1 Å². The average Bonchev–Trinajstić information content (AvgIpc) is 2.52. The number of rotatable bonds is 7. The number of nitro benzene ring substituents is 1. The molecular weight excluding hydrogens is 358 g/mol. The Balaban J connectivity index is 3.50. The maximum atomic E-state index is 12.5. The Morgan fingerprint density at radius 2 is 2.04 bits per heavy atom. The second-order valence-corrected chi connectivity index (χ2v) is 7.70. The van der Waals surface area contributed by atoms with Crippen LogP contribution in [0.5, 0.6) is 0 Å². The summed E-state index contributed by atoms with van der Waals surface area (Å²) in [6.45, 7) is 4.72. The summed E-state index contributed by atoms with van der Waals surface area (Å²) >= 11 is 5.73. The quantitative estimate of drug-likeness (QED) is 0.313. The van der Waals surface area contributed by atoms with E-state index in [0.717, 1.165) is 12.1 Å². The van der Waals surface area contributed by atoms with E-state index in [1.807, 2.05) is 0 Å². The van der Waals surface area contributed by atoms with Crippen LogP contribution in [0.3, 0.4) is 0 Å². The summed E-state index contributed by atoms with van der Waals surface area (Å²) in [4.78, 5) is 21.8. The highest BCUT2D eigenvalue weighted by molar-refractivity contribution is 7.96. The Bertz CT molecular complexity index is 772. The molecule has 0 aliphatic rings. The van der Waals surface area contributed by atoms with E-state index in [9.17, 15) is 23.3 Å². The smallest absolute Gasteiger partial charge is 0.349 e. The minimum Gasteiger partial charge on any atom is -0.462 e. The predicted octanol–water partition coefficient (Wildman–Crippen LogP) is 3.37. The number of sulfone groups is 1. The SMILES string of the molecule is CCOC(=O)/C(=C/c1ccc(Cl)c([N+](=O)[O-])c1)S(=O)(=O)[C@@H](C)CC. The lowest BCUT2D eigenvalue weighted by Gasteiger charge is -2.13. The van der Waals surface area contributed by atoms with Gasteiger partial charge in [-0.1, -0.05) is 24.6 Å². The Morgan fingerprint density at radius 1 is 1.42 bits per heavy atom. The van der Waals surface area contributed by atoms with E-state index in [1.54, 1.807) is 13.8 Å². The first kappa shape index (κ1) is 20.1. The monoisotopic (exact) mass is 375 g/mol. The van der Waals surface area contributed by atoms with Crippen molar-refractivity contribution in [3.8, 4) is 0 Å². The van der Waals surface area contributed by atoms with Crippen LogP contribution < -0.4 is 0 Å². The Labute approximate surface area is 145 Å². The molecule has 0 saturated heterocycles. The highest BCUT2D eigenvalue weighted by atomic mass is 35.5. The molecule has 1 atom stereocenters. The van der Waals surface area contributed by atoms with E-state index in [-0.39, 0.29) is 22.9 Å². The third-order valence-corrected chi connectivity index (χ3v) is 5.96. The first-order valence-electron chi connectivity index (χ1n) is 7.21. The summed E-state index contributed by atoms with van der Waals surface area (Å²) in [5, 5.41) is 10.1. The van der Waals surface area contributed by atoms with Crippen LogP contribution in [-0.4, -0.2) is 31.2 Å². The van der Waals surface area contributed by atoms with Crippen LogP contribution in [0.2, 0.25) is 5.02 Å². The molecule has 0 heterocycles. The lowest BCUT2D eigenvalue weighted by Crippen LogP contribution is -2.24. The van der Waals surface area contributed by atoms with E-state index in [2.05, 4.69) is 0 Å². The molecule has 0 aromatic heterocycles. The molecule has 1 aromatic rings. The van der Waals surface area contributed by atoms with Crippen molar-refractivity contribution >= 4 is 39.2 Å². The summed E-state index contributed by atoms with van der Waals surface area (Å²) in [7, 11) is -3.93. The molecule has 1 aromatic carbocycles. The number of nitrogens with zero attached hydrogens (tertiary/aromatic N) is 1. The minimum absolute atomic E-state index is 0.00691. The molecule has 1 rings (SSSR count). The number of halogens is 1. The van der Waals surface area contributed by atoms with Crippen molar-refractivity contribution in [1.29, 1.82) is 0 Å². The molecule has 0 saturated carbocycles. The largest absolute Gasteiger partial charge is 0.462 e. The first-order chi connectivity index (χ1) is 11.1. The van der Waals surface area contributed by atoms with Gasteiger partial charge in [-0.2, -0.15) is 0 Å². The van der Waals surface area contributed by atoms with E-state index in [0.29, 0.717) is 6.42 Å². The number of hydrogen-bond donors (Lipinski definition) is 0. The van der Waals surface area contributed by atoms with Crippen LogP contribution in [0.4, 0.5) is 5.69 Å². The highest BCUT2D eigenvalue weighted by Crippen LogP contribution is 2.27. The Morgan fingerprint density at radius 3 is 2.54 bits per heavy atom.